The number of oxazole rings is 2. The van der Waals surface area contributed by atoms with Gasteiger partial charge in [0, 0.05) is 75.4 Å². The quantitative estimate of drug-likeness (QED) is 0.148. The molecule has 15 aromatic rings. The minimum Gasteiger partial charge on any atom is -0.470 e. The molecule has 0 aliphatic carbocycles. The van der Waals surface area contributed by atoms with Crippen molar-refractivity contribution in [1.29, 1.82) is 0 Å². The number of hydrogen-bond acceptors (Lipinski definition) is 15. The Bertz CT molecular complexity index is 3310. The second kappa shape index (κ2) is 46.8. The summed E-state index contributed by atoms with van der Waals surface area (Å²) in [4.78, 5) is 22.1. The molecule has 10 heterocycles. The number of aromatic amines is 2. The highest BCUT2D eigenvalue weighted by Crippen LogP contribution is 2.17. The van der Waals surface area contributed by atoms with Gasteiger partial charge in [-0.1, -0.05) is 138 Å². The van der Waals surface area contributed by atoms with Crippen molar-refractivity contribution in [3.8, 4) is 0 Å². The molecule has 2 N–H and O–H groups in total. The number of rotatable bonds is 0. The van der Waals surface area contributed by atoms with Gasteiger partial charge in [-0.05, 0) is 170 Å². The summed E-state index contributed by atoms with van der Waals surface area (Å²) < 4.78 is 22.7. The van der Waals surface area contributed by atoms with E-state index in [9.17, 15) is 0 Å². The van der Waals surface area contributed by atoms with Gasteiger partial charge in [-0.25, -0.2) is 14.3 Å². The van der Waals surface area contributed by atoms with Crippen LogP contribution >= 0.6 is 45.5 Å². The second-order valence-electron chi connectivity index (χ2n) is 18.9. The second-order valence-corrected chi connectivity index (χ2v) is 23.3. The normalized spacial score (nSPS) is 9.18. The molecule has 0 aliphatic heterocycles. The van der Waals surface area contributed by atoms with Crippen LogP contribution in [0.1, 0.15) is 70.9 Å². The molecule has 10 aromatic heterocycles. The molecule has 0 saturated heterocycles. The molecule has 0 radical (unpaired) electrons. The minimum absolute atomic E-state index is 0.718. The van der Waals surface area contributed by atoms with Gasteiger partial charge in [-0.2, -0.15) is 5.10 Å². The van der Waals surface area contributed by atoms with Crippen LogP contribution in [0, 0.1) is 90.0 Å². The molecule has 464 valence electrons. The molecule has 5 aromatic carbocycles. The van der Waals surface area contributed by atoms with Crippen molar-refractivity contribution in [3.63, 3.8) is 0 Å². The molecule has 13 nitrogen and oxygen atoms in total. The molecule has 0 spiro atoms. The Morgan fingerprint density at radius 1 is 0.427 bits per heavy atom. The number of thiophene rings is 1. The molecule has 15 rings (SSSR count). The van der Waals surface area contributed by atoms with E-state index >= 15 is 0 Å². The summed E-state index contributed by atoms with van der Waals surface area (Å²) in [7, 11) is 0. The number of nitrogens with zero attached hydrogens (tertiary/aromatic N) is 7. The average Bonchev–Trinajstić information content (AvgIpc) is 4.55. The van der Waals surface area contributed by atoms with E-state index < -0.39 is 0 Å². The number of H-pyrrole nitrogens is 2. The number of fused-ring (bicyclic) bond motifs is 2. The van der Waals surface area contributed by atoms with Gasteiger partial charge in [-0.3, -0.25) is 15.1 Å². The lowest BCUT2D eigenvalue weighted by atomic mass is 10.1. The number of aromatic nitrogens is 9. The number of hydrogen-bond donors (Lipinski definition) is 2. The van der Waals surface area contributed by atoms with E-state index in [0.717, 1.165) is 33.9 Å². The fourth-order valence-corrected chi connectivity index (χ4v) is 8.19. The summed E-state index contributed by atoms with van der Waals surface area (Å²) in [6.07, 6.45) is 18.6. The zero-order valence-electron chi connectivity index (χ0n) is 53.1. The monoisotopic (exact) mass is 1270 g/mol. The van der Waals surface area contributed by atoms with Crippen molar-refractivity contribution in [2.75, 3.05) is 0 Å². The zero-order valence-corrected chi connectivity index (χ0v) is 56.4. The van der Waals surface area contributed by atoms with Gasteiger partial charge in [-0.15, -0.1) is 34.0 Å². The highest BCUT2D eigenvalue weighted by Gasteiger charge is 1.93. The van der Waals surface area contributed by atoms with E-state index in [1.165, 1.54) is 76.5 Å². The van der Waals surface area contributed by atoms with Gasteiger partial charge < -0.3 is 22.8 Å². The Morgan fingerprint density at radius 2 is 1.18 bits per heavy atom. The van der Waals surface area contributed by atoms with Crippen molar-refractivity contribution in [3.05, 3.63) is 326 Å². The highest BCUT2D eigenvalue weighted by atomic mass is 32.1. The van der Waals surface area contributed by atoms with E-state index in [4.69, 9.17) is 13.3 Å². The lowest BCUT2D eigenvalue weighted by molar-refractivity contribution is 0.397. The predicted molar refractivity (Wildman–Crippen MR) is 374 cm³/mol. The third kappa shape index (κ3) is 38.4. The first kappa shape index (κ1) is 73.9. The summed E-state index contributed by atoms with van der Waals surface area (Å²) in [5.74, 6) is 3.40. The van der Waals surface area contributed by atoms with Crippen molar-refractivity contribution in [2.24, 2.45) is 0 Å². The SMILES string of the molecule is Cc1ccc2ccccc2c1.Cc1ccc[nH]1.Cc1cccc2ccccc12.Cc1ccccc1.Cc1ccco1.Cc1cccs1.Cc1ccn[nH]1.Cc1ccno1.Cc1ccns1.Cc1cnco1.Cc1cncs1.Cc1ncco1.Cc1nccs1. The van der Waals surface area contributed by atoms with E-state index in [1.807, 2.05) is 133 Å². The van der Waals surface area contributed by atoms with Crippen LogP contribution < -0.4 is 0 Å². The van der Waals surface area contributed by atoms with Crippen LogP contribution in [0.3, 0.4) is 0 Å². The van der Waals surface area contributed by atoms with E-state index in [0.29, 0.717) is 0 Å². The van der Waals surface area contributed by atoms with Gasteiger partial charge in [0.05, 0.1) is 35.4 Å². The Kier molecular flexibility index (Phi) is 38.8. The average molecular weight is 1270 g/mol. The Morgan fingerprint density at radius 3 is 1.51 bits per heavy atom. The first-order chi connectivity index (χ1) is 43.1. The molecule has 0 aliphatic rings. The number of furan rings is 1. The Balaban J connectivity index is 0.000000254. The predicted octanol–water partition coefficient (Wildman–Crippen LogP) is 21.3. The topological polar surface area (TPSA) is 174 Å². The Labute approximate surface area is 541 Å². The molecule has 0 amide bonds. The van der Waals surface area contributed by atoms with Crippen LogP contribution in [0.4, 0.5) is 0 Å². The van der Waals surface area contributed by atoms with E-state index in [-0.39, 0.29) is 0 Å². The summed E-state index contributed by atoms with van der Waals surface area (Å²) in [5, 5.41) is 20.4. The summed E-state index contributed by atoms with van der Waals surface area (Å²) in [6, 6.07) is 57.7. The molecule has 0 bridgehead atoms. The lowest BCUT2D eigenvalue weighted by Gasteiger charge is -1.98. The maximum Gasteiger partial charge on any atom is 0.190 e. The van der Waals surface area contributed by atoms with Crippen molar-refractivity contribution in [2.45, 2.75) is 90.0 Å². The Hall–Kier alpha value is -9.39. The van der Waals surface area contributed by atoms with Crippen LogP contribution in [0.5, 0.6) is 0 Å². The smallest absolute Gasteiger partial charge is 0.190 e. The van der Waals surface area contributed by atoms with Crippen LogP contribution in [-0.4, -0.2) is 44.6 Å². The van der Waals surface area contributed by atoms with Gasteiger partial charge in [0.25, 0.3) is 0 Å². The summed E-state index contributed by atoms with van der Waals surface area (Å²) >= 11 is 6.64. The maximum absolute atomic E-state index is 4.83. The fraction of sp³-hybridized carbons (Fsp3) is 0.181. The number of nitrogens with one attached hydrogen (secondary N) is 2. The van der Waals surface area contributed by atoms with Crippen LogP contribution in [-0.2, 0) is 0 Å². The number of benzene rings is 5. The third-order valence-electron chi connectivity index (χ3n) is 10.9. The maximum atomic E-state index is 4.83. The number of aryl methyl sites for hydroxylation is 13. The van der Waals surface area contributed by atoms with Gasteiger partial charge in [0.2, 0.25) is 0 Å². The molecule has 89 heavy (non-hydrogen) atoms. The lowest BCUT2D eigenvalue weighted by Crippen LogP contribution is -1.75. The molecule has 0 fully saturated rings. The molecule has 0 atom stereocenters. The third-order valence-corrected chi connectivity index (χ3v) is 13.8. The molecule has 0 saturated carbocycles. The van der Waals surface area contributed by atoms with Crippen molar-refractivity contribution >= 4 is 67.1 Å². The summed E-state index contributed by atoms with van der Waals surface area (Å²) in [5.41, 5.74) is 8.15. The molecule has 17 heteroatoms. The van der Waals surface area contributed by atoms with Crippen molar-refractivity contribution in [1.82, 2.24) is 44.6 Å². The van der Waals surface area contributed by atoms with Crippen molar-refractivity contribution < 1.29 is 17.8 Å². The van der Waals surface area contributed by atoms with Crippen LogP contribution in [0.25, 0.3) is 21.5 Å². The first-order valence-electron chi connectivity index (χ1n) is 28.2. The van der Waals surface area contributed by atoms with E-state index in [2.05, 4.69) is 191 Å². The molecular formula is C72H83N9O4S4. The van der Waals surface area contributed by atoms with Crippen LogP contribution in [0.2, 0.25) is 0 Å². The molecular weight excluding hydrogens is 1180 g/mol. The molecule has 0 unspecified atom stereocenters. The largest absolute Gasteiger partial charge is 0.470 e. The van der Waals surface area contributed by atoms with Crippen LogP contribution in [0.15, 0.2) is 272 Å². The highest BCUT2D eigenvalue weighted by molar-refractivity contribution is 7.10. The van der Waals surface area contributed by atoms with Gasteiger partial charge >= 0.3 is 0 Å². The standard InChI is InChI=1S/2C11H10.C7H8.C5H7N.C5H6O.C5H6S.C4H6N2.3C4H5NO.3C4H5NS/c1-9-5-4-7-10-6-2-3-8-11(9)10;1-9-6-7-10-4-2-3-5-11(10)8-9;1-7-5-3-2-4-6-7;3*1-5-3-2-4-6-5;1-4-2-3-5-6-4;1-4-2-5-3-6-4;1-4-5-2-3-6-4;1-4-2-3-5-6-4;1-4-2-5-3-6-4;1-4-5-2-3-6-4;1-4-2-3-5-6-4/h2*2-8H,1H3;2-6H,1H3;2-4,6H,1H3;2*2-4H,1H3;2-3H,1H3,(H,5,6);6*2-3H,1H3. The zero-order chi connectivity index (χ0) is 64.5. The van der Waals surface area contributed by atoms with Gasteiger partial charge in [0.1, 0.15) is 23.5 Å². The summed E-state index contributed by atoms with van der Waals surface area (Å²) in [6.45, 7) is 25.9. The van der Waals surface area contributed by atoms with E-state index in [1.54, 1.807) is 96.7 Å². The fourth-order valence-electron chi connectivity index (χ4n) is 6.40. The minimum atomic E-state index is 0.718. The number of thiazole rings is 2. The van der Waals surface area contributed by atoms with Gasteiger partial charge in [0.15, 0.2) is 12.3 Å². The first-order valence-corrected chi connectivity index (χ1v) is 31.6.